The van der Waals surface area contributed by atoms with Gasteiger partial charge in [0.2, 0.25) is 23.6 Å². The second-order valence-electron chi connectivity index (χ2n) is 9.91. The summed E-state index contributed by atoms with van der Waals surface area (Å²) < 4.78 is 9.85. The number of rotatable bonds is 10. The highest BCUT2D eigenvalue weighted by Crippen LogP contribution is 2.22. The van der Waals surface area contributed by atoms with E-state index in [0.717, 1.165) is 24.0 Å². The molecule has 2 saturated heterocycles. The fourth-order valence-electron chi connectivity index (χ4n) is 5.09. The molecule has 0 aliphatic carbocycles. The molecular formula is C30H36N4O6. The normalized spacial score (nSPS) is 18.8. The number of amides is 4. The van der Waals surface area contributed by atoms with Gasteiger partial charge in [0.25, 0.3) is 0 Å². The van der Waals surface area contributed by atoms with Crippen molar-refractivity contribution in [2.24, 2.45) is 0 Å². The van der Waals surface area contributed by atoms with Gasteiger partial charge in [0.1, 0.15) is 25.3 Å². The van der Waals surface area contributed by atoms with E-state index in [0.29, 0.717) is 37.3 Å². The van der Waals surface area contributed by atoms with Gasteiger partial charge in [-0.15, -0.1) is 0 Å². The van der Waals surface area contributed by atoms with Crippen LogP contribution in [-0.2, 0) is 28.7 Å². The van der Waals surface area contributed by atoms with Gasteiger partial charge in [-0.3, -0.25) is 19.2 Å². The molecule has 2 atom stereocenters. The number of anilines is 2. The lowest BCUT2D eigenvalue weighted by molar-refractivity contribution is -0.139. The second kappa shape index (κ2) is 13.9. The van der Waals surface area contributed by atoms with Crippen LogP contribution in [0.3, 0.4) is 0 Å². The number of hydrogen-bond donors (Lipinski definition) is 2. The summed E-state index contributed by atoms with van der Waals surface area (Å²) >= 11 is 0. The first-order valence-corrected chi connectivity index (χ1v) is 13.5. The molecule has 4 amide bonds. The first kappa shape index (κ1) is 29.0. The van der Waals surface area contributed by atoms with Crippen molar-refractivity contribution in [1.82, 2.24) is 9.80 Å². The SMILES string of the molecule is COCC(=O)N1CCC[C@H]1C(=O)Nc1ccc(/C=C/c2ccc(NC(=O)[C@@H]3CCCN3C(=O)COC)cc2)cc1. The average Bonchev–Trinajstić information content (AvgIpc) is 3.64. The fourth-order valence-corrected chi connectivity index (χ4v) is 5.09. The molecule has 0 radical (unpaired) electrons. The quantitative estimate of drug-likeness (QED) is 0.441. The Morgan fingerprint density at radius 3 is 1.43 bits per heavy atom. The number of carbonyl (C=O) groups excluding carboxylic acids is 4. The maximum atomic E-state index is 12.8. The van der Waals surface area contributed by atoms with Crippen LogP contribution < -0.4 is 10.6 Å². The molecule has 10 heteroatoms. The fraction of sp³-hybridized carbons (Fsp3) is 0.400. The zero-order chi connectivity index (χ0) is 28.5. The summed E-state index contributed by atoms with van der Waals surface area (Å²) in [4.78, 5) is 53.1. The van der Waals surface area contributed by atoms with Crippen molar-refractivity contribution in [3.05, 3.63) is 59.7 Å². The molecule has 212 valence electrons. The standard InChI is InChI=1S/C30H36N4O6/c1-39-19-27(35)33-17-3-5-25(33)29(37)31-23-13-9-21(10-14-23)7-8-22-11-15-24(16-12-22)32-30(38)26-6-4-18-34(26)28(36)20-40-2/h7-16,25-26H,3-6,17-20H2,1-2H3,(H,31,37)(H,32,38)/b8-7+/t25-,26-/m0/s1. The van der Waals surface area contributed by atoms with E-state index < -0.39 is 12.1 Å². The molecule has 40 heavy (non-hydrogen) atoms. The van der Waals surface area contributed by atoms with Gasteiger partial charge < -0.3 is 29.9 Å². The van der Waals surface area contributed by atoms with E-state index in [2.05, 4.69) is 10.6 Å². The maximum Gasteiger partial charge on any atom is 0.249 e. The minimum Gasteiger partial charge on any atom is -0.375 e. The van der Waals surface area contributed by atoms with Crippen LogP contribution in [-0.4, -0.2) is 86.0 Å². The molecular weight excluding hydrogens is 512 g/mol. The van der Waals surface area contributed by atoms with Crippen LogP contribution in [0.4, 0.5) is 11.4 Å². The molecule has 0 aromatic heterocycles. The van der Waals surface area contributed by atoms with Crippen LogP contribution in [0.15, 0.2) is 48.5 Å². The molecule has 2 fully saturated rings. The molecule has 4 rings (SSSR count). The van der Waals surface area contributed by atoms with Crippen LogP contribution >= 0.6 is 0 Å². The predicted octanol–water partition coefficient (Wildman–Crippen LogP) is 3.01. The predicted molar refractivity (Wildman–Crippen MR) is 152 cm³/mol. The summed E-state index contributed by atoms with van der Waals surface area (Å²) in [5.41, 5.74) is 3.24. The van der Waals surface area contributed by atoms with Gasteiger partial charge in [-0.05, 0) is 61.1 Å². The van der Waals surface area contributed by atoms with Gasteiger partial charge in [0.05, 0.1) is 0 Å². The average molecular weight is 549 g/mol. The topological polar surface area (TPSA) is 117 Å². The lowest BCUT2D eigenvalue weighted by atomic mass is 10.1. The van der Waals surface area contributed by atoms with E-state index in [1.54, 1.807) is 9.80 Å². The van der Waals surface area contributed by atoms with Crippen molar-refractivity contribution in [2.45, 2.75) is 37.8 Å². The summed E-state index contributed by atoms with van der Waals surface area (Å²) in [5.74, 6) is -0.740. The van der Waals surface area contributed by atoms with Gasteiger partial charge in [-0.2, -0.15) is 0 Å². The highest BCUT2D eigenvalue weighted by atomic mass is 16.5. The van der Waals surface area contributed by atoms with Crippen LogP contribution in [0.1, 0.15) is 36.8 Å². The molecule has 0 unspecified atom stereocenters. The Balaban J connectivity index is 1.29. The van der Waals surface area contributed by atoms with Crippen molar-refractivity contribution in [3.8, 4) is 0 Å². The third-order valence-electron chi connectivity index (χ3n) is 7.11. The highest BCUT2D eigenvalue weighted by molar-refractivity contribution is 5.98. The van der Waals surface area contributed by atoms with Gasteiger partial charge in [-0.1, -0.05) is 36.4 Å². The summed E-state index contributed by atoms with van der Waals surface area (Å²) in [5, 5.41) is 5.82. The Kier molecular flexibility index (Phi) is 10.0. The first-order chi connectivity index (χ1) is 19.4. The van der Waals surface area contributed by atoms with Gasteiger partial charge >= 0.3 is 0 Å². The Hall–Kier alpha value is -4.02. The Morgan fingerprint density at radius 2 is 1.07 bits per heavy atom. The van der Waals surface area contributed by atoms with E-state index in [1.165, 1.54) is 14.2 Å². The van der Waals surface area contributed by atoms with Gasteiger partial charge in [0, 0.05) is 38.7 Å². The number of benzene rings is 2. The van der Waals surface area contributed by atoms with Crippen molar-refractivity contribution in [2.75, 3.05) is 51.2 Å². The smallest absolute Gasteiger partial charge is 0.249 e. The van der Waals surface area contributed by atoms with Crippen molar-refractivity contribution in [3.63, 3.8) is 0 Å². The Morgan fingerprint density at radius 1 is 0.700 bits per heavy atom. The van der Waals surface area contributed by atoms with Gasteiger partial charge in [0.15, 0.2) is 0 Å². The zero-order valence-corrected chi connectivity index (χ0v) is 22.9. The van der Waals surface area contributed by atoms with Crippen molar-refractivity contribution >= 4 is 47.2 Å². The van der Waals surface area contributed by atoms with Crippen LogP contribution in [0, 0.1) is 0 Å². The third kappa shape index (κ3) is 7.34. The van der Waals surface area contributed by atoms with E-state index in [1.807, 2.05) is 60.7 Å². The molecule has 0 saturated carbocycles. The lowest BCUT2D eigenvalue weighted by Crippen LogP contribution is -2.44. The lowest BCUT2D eigenvalue weighted by Gasteiger charge is -2.23. The summed E-state index contributed by atoms with van der Waals surface area (Å²) in [7, 11) is 2.93. The highest BCUT2D eigenvalue weighted by Gasteiger charge is 2.34. The summed E-state index contributed by atoms with van der Waals surface area (Å²) in [6, 6.07) is 14.0. The minimum atomic E-state index is -0.481. The minimum absolute atomic E-state index is 0.0289. The molecule has 10 nitrogen and oxygen atoms in total. The zero-order valence-electron chi connectivity index (χ0n) is 22.9. The largest absolute Gasteiger partial charge is 0.375 e. The number of hydrogen-bond acceptors (Lipinski definition) is 6. The molecule has 0 spiro atoms. The van der Waals surface area contributed by atoms with E-state index in [4.69, 9.17) is 9.47 Å². The number of carbonyl (C=O) groups is 4. The number of methoxy groups -OCH3 is 2. The van der Waals surface area contributed by atoms with E-state index in [-0.39, 0.29) is 36.8 Å². The molecule has 2 aromatic rings. The van der Waals surface area contributed by atoms with Crippen molar-refractivity contribution < 1.29 is 28.7 Å². The molecule has 2 aromatic carbocycles. The summed E-state index contributed by atoms with van der Waals surface area (Å²) in [6.07, 6.45) is 6.77. The third-order valence-corrected chi connectivity index (χ3v) is 7.11. The monoisotopic (exact) mass is 548 g/mol. The van der Waals surface area contributed by atoms with Crippen LogP contribution in [0.5, 0.6) is 0 Å². The molecule has 2 N–H and O–H groups in total. The number of nitrogens with one attached hydrogen (secondary N) is 2. The van der Waals surface area contributed by atoms with E-state index >= 15 is 0 Å². The molecule has 2 heterocycles. The van der Waals surface area contributed by atoms with Crippen LogP contribution in [0.25, 0.3) is 12.2 Å². The molecule has 2 aliphatic rings. The Labute approximate surface area is 234 Å². The van der Waals surface area contributed by atoms with E-state index in [9.17, 15) is 19.2 Å². The second-order valence-corrected chi connectivity index (χ2v) is 9.91. The summed E-state index contributed by atoms with van der Waals surface area (Å²) in [6.45, 7) is 1.07. The maximum absolute atomic E-state index is 12.8. The molecule has 2 aliphatic heterocycles. The number of likely N-dealkylation sites (tertiary alicyclic amines) is 2. The molecule has 0 bridgehead atoms. The van der Waals surface area contributed by atoms with Crippen molar-refractivity contribution in [1.29, 1.82) is 0 Å². The number of nitrogens with zero attached hydrogens (tertiary/aromatic N) is 2. The first-order valence-electron chi connectivity index (χ1n) is 13.5. The Bertz CT molecular complexity index is 1130. The van der Waals surface area contributed by atoms with Gasteiger partial charge in [-0.25, -0.2) is 0 Å². The number of ether oxygens (including phenoxy) is 2. The van der Waals surface area contributed by atoms with Crippen LogP contribution in [0.2, 0.25) is 0 Å².